The molecule has 0 spiro atoms. The van der Waals surface area contributed by atoms with Crippen LogP contribution in [0.3, 0.4) is 0 Å². The number of hydrogen-bond acceptors (Lipinski definition) is 6. The third-order valence-electron chi connectivity index (χ3n) is 5.45. The van der Waals surface area contributed by atoms with Crippen LogP contribution in [0.1, 0.15) is 41.1 Å². The van der Waals surface area contributed by atoms with Gasteiger partial charge in [-0.3, -0.25) is 9.59 Å². The number of aromatic nitrogens is 3. The van der Waals surface area contributed by atoms with Crippen molar-refractivity contribution >= 4 is 28.4 Å². The van der Waals surface area contributed by atoms with Crippen molar-refractivity contribution < 1.29 is 14.3 Å². The van der Waals surface area contributed by atoms with E-state index in [2.05, 4.69) is 25.2 Å². The highest BCUT2D eigenvalue weighted by Crippen LogP contribution is 2.23. The SMILES string of the molecule is Cc1nc(OCCNC(=O)C(=O)c2c(C)[nH]c3ccccc23)cc(N2CCCCC2)n1. The van der Waals surface area contributed by atoms with Gasteiger partial charge in [0.05, 0.1) is 12.1 Å². The third kappa shape index (κ3) is 4.68. The lowest BCUT2D eigenvalue weighted by Crippen LogP contribution is -2.34. The van der Waals surface area contributed by atoms with Crippen LogP contribution < -0.4 is 15.0 Å². The number of aryl methyl sites for hydroxylation is 2. The number of anilines is 1. The minimum absolute atomic E-state index is 0.202. The average molecular weight is 422 g/mol. The fourth-order valence-electron chi connectivity index (χ4n) is 3.97. The number of para-hydroxylation sites is 1. The van der Waals surface area contributed by atoms with Crippen molar-refractivity contribution in [2.75, 3.05) is 31.1 Å². The quantitative estimate of drug-likeness (QED) is 0.346. The van der Waals surface area contributed by atoms with Crippen LogP contribution in [0.15, 0.2) is 30.3 Å². The standard InChI is InChI=1S/C23H27N5O3/c1-15-21(17-8-4-5-9-18(17)25-15)22(29)23(30)24-10-13-31-20-14-19(26-16(2)27-20)28-11-6-3-7-12-28/h4-5,8-9,14,25H,3,6-7,10-13H2,1-2H3,(H,24,30). The molecule has 8 heteroatoms. The second kappa shape index (κ2) is 9.16. The number of ketones is 1. The zero-order valence-corrected chi connectivity index (χ0v) is 17.9. The smallest absolute Gasteiger partial charge is 0.292 e. The van der Waals surface area contributed by atoms with Crippen LogP contribution in [-0.4, -0.2) is 52.9 Å². The van der Waals surface area contributed by atoms with E-state index in [0.717, 1.165) is 42.7 Å². The van der Waals surface area contributed by atoms with Gasteiger partial charge in [-0.05, 0) is 39.2 Å². The van der Waals surface area contributed by atoms with E-state index in [-0.39, 0.29) is 13.2 Å². The van der Waals surface area contributed by atoms with E-state index >= 15 is 0 Å². The molecule has 2 aromatic heterocycles. The molecule has 0 bridgehead atoms. The van der Waals surface area contributed by atoms with Crippen molar-refractivity contribution in [2.45, 2.75) is 33.1 Å². The molecule has 31 heavy (non-hydrogen) atoms. The first kappa shape index (κ1) is 20.8. The maximum atomic E-state index is 12.7. The Morgan fingerprint density at radius 2 is 1.90 bits per heavy atom. The van der Waals surface area contributed by atoms with E-state index in [1.807, 2.05) is 37.3 Å². The lowest BCUT2D eigenvalue weighted by Gasteiger charge is -2.28. The highest BCUT2D eigenvalue weighted by atomic mass is 16.5. The molecule has 1 fully saturated rings. The topological polar surface area (TPSA) is 100 Å². The first-order chi connectivity index (χ1) is 15.0. The maximum absolute atomic E-state index is 12.7. The number of H-pyrrole nitrogens is 1. The number of rotatable bonds is 7. The number of amides is 1. The first-order valence-electron chi connectivity index (χ1n) is 10.7. The van der Waals surface area contributed by atoms with Crippen molar-refractivity contribution in [1.29, 1.82) is 0 Å². The van der Waals surface area contributed by atoms with Crippen LogP contribution in [0.4, 0.5) is 5.82 Å². The van der Waals surface area contributed by atoms with E-state index in [9.17, 15) is 9.59 Å². The Bertz CT molecular complexity index is 1100. The number of hydrogen-bond donors (Lipinski definition) is 2. The molecule has 162 valence electrons. The molecule has 0 aliphatic carbocycles. The van der Waals surface area contributed by atoms with Crippen molar-refractivity contribution in [1.82, 2.24) is 20.3 Å². The van der Waals surface area contributed by atoms with Crippen molar-refractivity contribution in [3.05, 3.63) is 47.4 Å². The first-order valence-corrected chi connectivity index (χ1v) is 10.7. The number of nitrogens with zero attached hydrogens (tertiary/aromatic N) is 3. The Morgan fingerprint density at radius 1 is 1.13 bits per heavy atom. The number of piperidine rings is 1. The van der Waals surface area contributed by atoms with Gasteiger partial charge in [0.25, 0.3) is 11.7 Å². The van der Waals surface area contributed by atoms with Gasteiger partial charge in [-0.15, -0.1) is 0 Å². The molecule has 1 saturated heterocycles. The molecule has 1 amide bonds. The van der Waals surface area contributed by atoms with Crippen LogP contribution in [0.5, 0.6) is 5.88 Å². The minimum Gasteiger partial charge on any atom is -0.476 e. The Morgan fingerprint density at radius 3 is 2.71 bits per heavy atom. The number of nitrogens with one attached hydrogen (secondary N) is 2. The number of aromatic amines is 1. The van der Waals surface area contributed by atoms with Crippen LogP contribution in [0.25, 0.3) is 10.9 Å². The summed E-state index contributed by atoms with van der Waals surface area (Å²) in [6, 6.07) is 9.28. The summed E-state index contributed by atoms with van der Waals surface area (Å²) in [5, 5.41) is 3.39. The van der Waals surface area contributed by atoms with Gasteiger partial charge in [-0.25, -0.2) is 4.98 Å². The summed E-state index contributed by atoms with van der Waals surface area (Å²) >= 11 is 0. The van der Waals surface area contributed by atoms with E-state index in [1.165, 1.54) is 6.42 Å². The molecular weight excluding hydrogens is 394 g/mol. The number of benzene rings is 1. The van der Waals surface area contributed by atoms with E-state index < -0.39 is 11.7 Å². The molecule has 1 aromatic carbocycles. The second-order valence-electron chi connectivity index (χ2n) is 7.76. The van der Waals surface area contributed by atoms with Crippen molar-refractivity contribution in [2.24, 2.45) is 0 Å². The molecule has 8 nitrogen and oxygen atoms in total. The second-order valence-corrected chi connectivity index (χ2v) is 7.76. The van der Waals surface area contributed by atoms with Gasteiger partial charge in [0.1, 0.15) is 18.2 Å². The number of ether oxygens (including phenoxy) is 1. The van der Waals surface area contributed by atoms with Crippen LogP contribution in [0.2, 0.25) is 0 Å². The maximum Gasteiger partial charge on any atom is 0.292 e. The number of carbonyl (C=O) groups is 2. The van der Waals surface area contributed by atoms with Crippen molar-refractivity contribution in [3.8, 4) is 5.88 Å². The van der Waals surface area contributed by atoms with Gasteiger partial charge in [0, 0.05) is 35.8 Å². The van der Waals surface area contributed by atoms with E-state index in [1.54, 1.807) is 6.92 Å². The Balaban J connectivity index is 1.33. The summed E-state index contributed by atoms with van der Waals surface area (Å²) in [5.41, 5.74) is 1.93. The summed E-state index contributed by atoms with van der Waals surface area (Å²) in [4.78, 5) is 39.3. The van der Waals surface area contributed by atoms with E-state index in [4.69, 9.17) is 4.74 Å². The molecule has 4 rings (SSSR count). The van der Waals surface area contributed by atoms with Crippen LogP contribution >= 0.6 is 0 Å². The van der Waals surface area contributed by atoms with Gasteiger partial charge in [-0.1, -0.05) is 18.2 Å². The van der Waals surface area contributed by atoms with Crippen LogP contribution in [0, 0.1) is 13.8 Å². The molecule has 0 unspecified atom stereocenters. The van der Waals surface area contributed by atoms with Crippen LogP contribution in [-0.2, 0) is 4.79 Å². The van der Waals surface area contributed by atoms with Crippen molar-refractivity contribution in [3.63, 3.8) is 0 Å². The lowest BCUT2D eigenvalue weighted by atomic mass is 10.1. The largest absolute Gasteiger partial charge is 0.476 e. The Labute approximate surface area is 181 Å². The van der Waals surface area contributed by atoms with Gasteiger partial charge in [0.2, 0.25) is 5.88 Å². The fourth-order valence-corrected chi connectivity index (χ4v) is 3.97. The lowest BCUT2D eigenvalue weighted by molar-refractivity contribution is -0.117. The zero-order valence-electron chi connectivity index (χ0n) is 17.9. The summed E-state index contributed by atoms with van der Waals surface area (Å²) in [6.07, 6.45) is 3.57. The molecule has 3 heterocycles. The van der Waals surface area contributed by atoms with E-state index in [0.29, 0.717) is 23.0 Å². The molecule has 0 radical (unpaired) electrons. The highest BCUT2D eigenvalue weighted by molar-refractivity contribution is 6.45. The molecule has 1 aliphatic heterocycles. The molecule has 1 aliphatic rings. The number of Topliss-reactive ketones (excluding diaryl/α,β-unsaturated/α-hetero) is 1. The monoisotopic (exact) mass is 421 g/mol. The van der Waals surface area contributed by atoms with Gasteiger partial charge < -0.3 is 19.9 Å². The zero-order chi connectivity index (χ0) is 21.8. The minimum atomic E-state index is -0.649. The van der Waals surface area contributed by atoms with Gasteiger partial charge in [0.15, 0.2) is 0 Å². The summed E-state index contributed by atoms with van der Waals surface area (Å²) < 4.78 is 5.72. The van der Waals surface area contributed by atoms with Gasteiger partial charge >= 0.3 is 0 Å². The summed E-state index contributed by atoms with van der Waals surface area (Å²) in [6.45, 7) is 6.02. The predicted octanol–water partition coefficient (Wildman–Crippen LogP) is 2.94. The molecule has 3 aromatic rings. The Kier molecular flexibility index (Phi) is 6.16. The fraction of sp³-hybridized carbons (Fsp3) is 0.391. The molecular formula is C23H27N5O3. The summed E-state index contributed by atoms with van der Waals surface area (Å²) in [7, 11) is 0. The number of carbonyl (C=O) groups excluding carboxylic acids is 2. The molecule has 0 atom stereocenters. The molecule has 2 N–H and O–H groups in total. The van der Waals surface area contributed by atoms with Gasteiger partial charge in [-0.2, -0.15) is 4.98 Å². The Hall–Kier alpha value is -3.42. The average Bonchev–Trinajstić information content (AvgIpc) is 3.12. The highest BCUT2D eigenvalue weighted by Gasteiger charge is 2.22. The summed E-state index contributed by atoms with van der Waals surface area (Å²) in [5.74, 6) is 0.786. The normalized spacial score (nSPS) is 13.9. The molecule has 0 saturated carbocycles. The number of fused-ring (bicyclic) bond motifs is 1. The third-order valence-corrected chi connectivity index (χ3v) is 5.45. The predicted molar refractivity (Wildman–Crippen MR) is 119 cm³/mol.